The minimum atomic E-state index is -0.676. The highest BCUT2D eigenvalue weighted by Gasteiger charge is 2.05. The first kappa shape index (κ1) is 10.3. The van der Waals surface area contributed by atoms with E-state index < -0.39 is 6.03 Å². The van der Waals surface area contributed by atoms with Crippen LogP contribution in [0.15, 0.2) is 27.9 Å². The summed E-state index contributed by atoms with van der Waals surface area (Å²) in [6, 6.07) is 2.88. The lowest BCUT2D eigenvalue weighted by Crippen LogP contribution is -2.25. The predicted octanol–water partition coefficient (Wildman–Crippen LogP) is 1.45. The van der Waals surface area contributed by atoms with Crippen LogP contribution in [0.4, 0.5) is 4.79 Å². The second-order valence-electron chi connectivity index (χ2n) is 2.76. The average molecular weight is 195 g/mol. The molecule has 1 aromatic rings. The molecule has 0 aliphatic rings. The number of carbonyl (C=O) groups excluding carboxylic acids is 1. The van der Waals surface area contributed by atoms with Crippen molar-refractivity contribution in [3.8, 4) is 0 Å². The summed E-state index contributed by atoms with van der Waals surface area (Å²) in [4.78, 5) is 10.5. The van der Waals surface area contributed by atoms with Crippen LogP contribution in [0, 0.1) is 0 Å². The van der Waals surface area contributed by atoms with Gasteiger partial charge in [0.05, 0.1) is 6.26 Å². The van der Waals surface area contributed by atoms with Gasteiger partial charge in [0.1, 0.15) is 11.5 Å². The van der Waals surface area contributed by atoms with Gasteiger partial charge in [-0.05, 0) is 18.6 Å². The Morgan fingerprint density at radius 2 is 2.50 bits per heavy atom. The molecule has 76 valence electrons. The summed E-state index contributed by atoms with van der Waals surface area (Å²) in [7, 11) is 0. The molecule has 0 unspecified atom stereocenters. The number of nitrogens with two attached hydrogens (primary N) is 1. The quantitative estimate of drug-likeness (QED) is 0.563. The second kappa shape index (κ2) is 5.06. The molecule has 5 nitrogen and oxygen atoms in total. The van der Waals surface area contributed by atoms with Crippen molar-refractivity contribution in [3.63, 3.8) is 0 Å². The molecule has 0 radical (unpaired) electrons. The van der Waals surface area contributed by atoms with Gasteiger partial charge in [0.2, 0.25) is 0 Å². The number of primary amides is 1. The average Bonchev–Trinajstić information content (AvgIpc) is 2.64. The van der Waals surface area contributed by atoms with E-state index in [-0.39, 0.29) is 0 Å². The largest absolute Gasteiger partial charge is 0.463 e. The summed E-state index contributed by atoms with van der Waals surface area (Å²) >= 11 is 0. The number of amides is 2. The van der Waals surface area contributed by atoms with Gasteiger partial charge < -0.3 is 10.2 Å². The van der Waals surface area contributed by atoms with Gasteiger partial charge in [0.15, 0.2) is 0 Å². The molecule has 0 saturated carbocycles. The van der Waals surface area contributed by atoms with Crippen LogP contribution in [0.2, 0.25) is 0 Å². The molecular weight excluding hydrogens is 182 g/mol. The van der Waals surface area contributed by atoms with Gasteiger partial charge in [-0.3, -0.25) is 0 Å². The van der Waals surface area contributed by atoms with Gasteiger partial charge in [-0.1, -0.05) is 13.3 Å². The first-order valence-corrected chi connectivity index (χ1v) is 4.40. The zero-order valence-corrected chi connectivity index (χ0v) is 7.99. The molecule has 5 heteroatoms. The number of nitrogens with one attached hydrogen (secondary N) is 1. The Bertz CT molecular complexity index is 317. The Hall–Kier alpha value is -1.78. The van der Waals surface area contributed by atoms with Crippen molar-refractivity contribution < 1.29 is 9.21 Å². The van der Waals surface area contributed by atoms with E-state index in [1.807, 2.05) is 6.92 Å². The Balaban J connectivity index is 2.74. The maximum Gasteiger partial charge on any atom is 0.332 e. The smallest absolute Gasteiger partial charge is 0.332 e. The van der Waals surface area contributed by atoms with Crippen molar-refractivity contribution >= 4 is 11.7 Å². The Morgan fingerprint density at radius 3 is 3.00 bits per heavy atom. The molecule has 2 amide bonds. The minimum absolute atomic E-state index is 0.653. The fraction of sp³-hybridized carbons (Fsp3) is 0.333. The zero-order valence-electron chi connectivity index (χ0n) is 7.99. The first-order chi connectivity index (χ1) is 6.74. The number of rotatable bonds is 4. The zero-order chi connectivity index (χ0) is 10.4. The van der Waals surface area contributed by atoms with E-state index in [1.54, 1.807) is 18.4 Å². The molecule has 1 heterocycles. The van der Waals surface area contributed by atoms with Crippen LogP contribution in [0.1, 0.15) is 25.5 Å². The van der Waals surface area contributed by atoms with Gasteiger partial charge in [0, 0.05) is 0 Å². The van der Waals surface area contributed by atoms with Crippen LogP contribution in [0.5, 0.6) is 0 Å². The fourth-order valence-corrected chi connectivity index (χ4v) is 1.04. The van der Waals surface area contributed by atoms with E-state index in [2.05, 4.69) is 10.5 Å². The van der Waals surface area contributed by atoms with E-state index in [0.29, 0.717) is 11.5 Å². The van der Waals surface area contributed by atoms with Crippen LogP contribution in [0.3, 0.4) is 0 Å². The van der Waals surface area contributed by atoms with Crippen molar-refractivity contribution in [2.24, 2.45) is 10.8 Å². The Labute approximate surface area is 82.0 Å². The third-order valence-electron chi connectivity index (χ3n) is 1.59. The summed E-state index contributed by atoms with van der Waals surface area (Å²) in [5, 5.41) is 3.85. The number of hydrazone groups is 1. The third kappa shape index (κ3) is 2.93. The number of carbonyl (C=O) groups is 1. The first-order valence-electron chi connectivity index (χ1n) is 4.40. The van der Waals surface area contributed by atoms with E-state index in [9.17, 15) is 4.79 Å². The lowest BCUT2D eigenvalue weighted by Gasteiger charge is -2.00. The van der Waals surface area contributed by atoms with Crippen molar-refractivity contribution in [3.05, 3.63) is 24.2 Å². The van der Waals surface area contributed by atoms with Crippen LogP contribution in [-0.2, 0) is 0 Å². The van der Waals surface area contributed by atoms with Crippen molar-refractivity contribution in [1.29, 1.82) is 0 Å². The van der Waals surface area contributed by atoms with E-state index in [4.69, 9.17) is 10.2 Å². The molecule has 0 aromatic carbocycles. The Morgan fingerprint density at radius 1 is 1.71 bits per heavy atom. The van der Waals surface area contributed by atoms with Crippen LogP contribution in [-0.4, -0.2) is 11.7 Å². The monoisotopic (exact) mass is 195 g/mol. The highest BCUT2D eigenvalue weighted by atomic mass is 16.3. The number of hydrogen-bond donors (Lipinski definition) is 2. The van der Waals surface area contributed by atoms with Gasteiger partial charge >= 0.3 is 6.03 Å². The van der Waals surface area contributed by atoms with Crippen molar-refractivity contribution in [2.45, 2.75) is 19.8 Å². The molecule has 0 aliphatic carbocycles. The highest BCUT2D eigenvalue weighted by Crippen LogP contribution is 2.06. The highest BCUT2D eigenvalue weighted by molar-refractivity contribution is 5.98. The van der Waals surface area contributed by atoms with Gasteiger partial charge in [-0.15, -0.1) is 0 Å². The SMILES string of the molecule is CCC/C(=N\NC(N)=O)c1ccco1. The predicted molar refractivity (Wildman–Crippen MR) is 52.9 cm³/mol. The molecule has 0 atom stereocenters. The number of furan rings is 1. The topological polar surface area (TPSA) is 80.6 Å². The van der Waals surface area contributed by atoms with Crippen LogP contribution >= 0.6 is 0 Å². The lowest BCUT2D eigenvalue weighted by atomic mass is 10.2. The normalized spacial score (nSPS) is 11.4. The number of nitrogens with zero attached hydrogens (tertiary/aromatic N) is 1. The van der Waals surface area contributed by atoms with Gasteiger partial charge in [-0.2, -0.15) is 5.10 Å². The number of urea groups is 1. The van der Waals surface area contributed by atoms with E-state index in [0.717, 1.165) is 12.8 Å². The van der Waals surface area contributed by atoms with E-state index >= 15 is 0 Å². The lowest BCUT2D eigenvalue weighted by molar-refractivity contribution is 0.249. The molecule has 0 aliphatic heterocycles. The van der Waals surface area contributed by atoms with Crippen LogP contribution in [0.25, 0.3) is 0 Å². The van der Waals surface area contributed by atoms with Gasteiger partial charge in [-0.25, -0.2) is 10.2 Å². The molecule has 0 spiro atoms. The second-order valence-corrected chi connectivity index (χ2v) is 2.76. The van der Waals surface area contributed by atoms with Crippen LogP contribution < -0.4 is 11.2 Å². The van der Waals surface area contributed by atoms with Crippen molar-refractivity contribution in [2.75, 3.05) is 0 Å². The summed E-state index contributed by atoms with van der Waals surface area (Å²) in [6.07, 6.45) is 3.21. The third-order valence-corrected chi connectivity index (χ3v) is 1.59. The van der Waals surface area contributed by atoms with Crippen molar-refractivity contribution in [1.82, 2.24) is 5.43 Å². The summed E-state index contributed by atoms with van der Waals surface area (Å²) < 4.78 is 5.16. The molecule has 0 saturated heterocycles. The molecule has 1 aromatic heterocycles. The van der Waals surface area contributed by atoms with Gasteiger partial charge in [0.25, 0.3) is 0 Å². The molecule has 1 rings (SSSR count). The summed E-state index contributed by atoms with van der Waals surface area (Å²) in [6.45, 7) is 2.02. The van der Waals surface area contributed by atoms with E-state index in [1.165, 1.54) is 0 Å². The summed E-state index contributed by atoms with van der Waals surface area (Å²) in [5.74, 6) is 0.653. The minimum Gasteiger partial charge on any atom is -0.463 e. The molecule has 0 fully saturated rings. The fourth-order valence-electron chi connectivity index (χ4n) is 1.04. The molecule has 0 bridgehead atoms. The standard InChI is InChI=1S/C9H13N3O2/c1-2-4-7(11-12-9(10)13)8-5-3-6-14-8/h3,5-6H,2,4H2,1H3,(H3,10,12,13)/b11-7+. The summed E-state index contributed by atoms with van der Waals surface area (Å²) in [5.41, 5.74) is 7.78. The molecule has 14 heavy (non-hydrogen) atoms. The Kier molecular flexibility index (Phi) is 3.72. The maximum absolute atomic E-state index is 10.5. The molecular formula is C9H13N3O2. The maximum atomic E-state index is 10.5. The number of hydrogen-bond acceptors (Lipinski definition) is 3. The molecule has 3 N–H and O–H groups in total.